The van der Waals surface area contributed by atoms with E-state index < -0.39 is 10.0 Å². The van der Waals surface area contributed by atoms with E-state index in [2.05, 4.69) is 15.6 Å². The molecule has 0 radical (unpaired) electrons. The average molecular weight is 399 g/mol. The maximum absolute atomic E-state index is 12.8. The highest BCUT2D eigenvalue weighted by Gasteiger charge is 2.29. The van der Waals surface area contributed by atoms with Crippen molar-refractivity contribution in [3.8, 4) is 6.07 Å². The van der Waals surface area contributed by atoms with Gasteiger partial charge in [0.15, 0.2) is 0 Å². The van der Waals surface area contributed by atoms with Gasteiger partial charge in [0.2, 0.25) is 15.9 Å². The third kappa shape index (κ3) is 4.65. The zero-order chi connectivity index (χ0) is 20.1. The lowest BCUT2D eigenvalue weighted by Crippen LogP contribution is -2.42. The average Bonchev–Trinajstić information content (AvgIpc) is 2.69. The molecule has 3 rings (SSSR count). The molecule has 28 heavy (non-hydrogen) atoms. The molecule has 2 N–H and O–H groups in total. The molecular formula is C19H21N5O3S. The minimum absolute atomic E-state index is 0.119. The largest absolute Gasteiger partial charge is 0.367 e. The summed E-state index contributed by atoms with van der Waals surface area (Å²) in [6, 6.07) is 11.8. The monoisotopic (exact) mass is 399 g/mol. The van der Waals surface area contributed by atoms with Crippen LogP contribution in [0.15, 0.2) is 47.5 Å². The number of carbonyl (C=O) groups is 1. The molecule has 8 nitrogen and oxygen atoms in total. The fourth-order valence-electron chi connectivity index (χ4n) is 3.06. The molecule has 0 bridgehead atoms. The van der Waals surface area contributed by atoms with Crippen molar-refractivity contribution in [1.82, 2.24) is 9.29 Å². The van der Waals surface area contributed by atoms with Gasteiger partial charge in [0.05, 0.1) is 10.5 Å². The van der Waals surface area contributed by atoms with Gasteiger partial charge in [-0.15, -0.1) is 0 Å². The number of carbonyl (C=O) groups excluding carboxylic acids is 1. The highest BCUT2D eigenvalue weighted by molar-refractivity contribution is 7.89. The van der Waals surface area contributed by atoms with Crippen molar-refractivity contribution in [2.24, 2.45) is 0 Å². The highest BCUT2D eigenvalue weighted by atomic mass is 32.2. The van der Waals surface area contributed by atoms with Gasteiger partial charge >= 0.3 is 0 Å². The standard InChI is InChI=1S/C19H21N5O3S/c1-14(25)22-16-3-5-18(6-4-16)28(26,27)24-10-8-17(9-11-24)23-19-7-2-15(12-20)13-21-19/h2-7,13,17H,8-11H2,1H3,(H,21,23)(H,22,25). The van der Waals surface area contributed by atoms with Crippen LogP contribution in [0.5, 0.6) is 0 Å². The van der Waals surface area contributed by atoms with Crippen LogP contribution < -0.4 is 10.6 Å². The lowest BCUT2D eigenvalue weighted by atomic mass is 10.1. The molecule has 0 atom stereocenters. The molecule has 0 aliphatic carbocycles. The Morgan fingerprint density at radius 3 is 2.39 bits per heavy atom. The molecule has 1 fully saturated rings. The third-order valence-electron chi connectivity index (χ3n) is 4.51. The van der Waals surface area contributed by atoms with Crippen molar-refractivity contribution in [3.63, 3.8) is 0 Å². The van der Waals surface area contributed by atoms with Gasteiger partial charge in [-0.2, -0.15) is 9.57 Å². The lowest BCUT2D eigenvalue weighted by Gasteiger charge is -2.31. The van der Waals surface area contributed by atoms with Gasteiger partial charge in [0, 0.05) is 37.9 Å². The molecule has 1 aromatic heterocycles. The first-order chi connectivity index (χ1) is 13.4. The number of anilines is 2. The number of rotatable bonds is 5. The summed E-state index contributed by atoms with van der Waals surface area (Å²) >= 11 is 0. The number of piperidine rings is 1. The second kappa shape index (κ2) is 8.37. The summed E-state index contributed by atoms with van der Waals surface area (Å²) in [7, 11) is -3.57. The number of nitriles is 1. The van der Waals surface area contributed by atoms with E-state index in [-0.39, 0.29) is 16.8 Å². The van der Waals surface area contributed by atoms with Crippen LogP contribution in [0, 0.1) is 11.3 Å². The predicted molar refractivity (Wildman–Crippen MR) is 105 cm³/mol. The van der Waals surface area contributed by atoms with Crippen molar-refractivity contribution in [2.75, 3.05) is 23.7 Å². The van der Waals surface area contributed by atoms with Crippen LogP contribution in [0.1, 0.15) is 25.3 Å². The van der Waals surface area contributed by atoms with Gasteiger partial charge in [-0.25, -0.2) is 13.4 Å². The quantitative estimate of drug-likeness (QED) is 0.796. The van der Waals surface area contributed by atoms with Crippen LogP contribution >= 0.6 is 0 Å². The Labute approximate surface area is 164 Å². The fraction of sp³-hybridized carbons (Fsp3) is 0.316. The van der Waals surface area contributed by atoms with E-state index in [1.807, 2.05) is 6.07 Å². The summed E-state index contributed by atoms with van der Waals surface area (Å²) in [5.41, 5.74) is 1.06. The Bertz CT molecular complexity index is 974. The molecule has 1 amide bonds. The summed E-state index contributed by atoms with van der Waals surface area (Å²) < 4.78 is 27.1. The summed E-state index contributed by atoms with van der Waals surface area (Å²) in [6.45, 7) is 2.21. The second-order valence-corrected chi connectivity index (χ2v) is 8.51. The van der Waals surface area contributed by atoms with Crippen LogP contribution in [-0.2, 0) is 14.8 Å². The van der Waals surface area contributed by atoms with Crippen molar-refractivity contribution in [1.29, 1.82) is 5.26 Å². The van der Waals surface area contributed by atoms with Gasteiger partial charge in [-0.3, -0.25) is 4.79 Å². The molecular weight excluding hydrogens is 378 g/mol. The second-order valence-electron chi connectivity index (χ2n) is 6.57. The summed E-state index contributed by atoms with van der Waals surface area (Å²) in [6.07, 6.45) is 2.82. The van der Waals surface area contributed by atoms with E-state index in [0.717, 1.165) is 0 Å². The molecule has 0 saturated carbocycles. The van der Waals surface area contributed by atoms with Crippen molar-refractivity contribution >= 4 is 27.4 Å². The number of hydrogen-bond donors (Lipinski definition) is 2. The minimum Gasteiger partial charge on any atom is -0.367 e. The Kier molecular flexibility index (Phi) is 5.92. The predicted octanol–water partition coefficient (Wildman–Crippen LogP) is 2.18. The first-order valence-corrected chi connectivity index (χ1v) is 10.3. The molecule has 2 heterocycles. The van der Waals surface area contributed by atoms with E-state index in [9.17, 15) is 13.2 Å². The van der Waals surface area contributed by atoms with Gasteiger partial charge in [0.1, 0.15) is 11.9 Å². The summed E-state index contributed by atoms with van der Waals surface area (Å²) in [5, 5.41) is 14.7. The van der Waals surface area contributed by atoms with E-state index in [4.69, 9.17) is 5.26 Å². The highest BCUT2D eigenvalue weighted by Crippen LogP contribution is 2.23. The van der Waals surface area contributed by atoms with Gasteiger partial charge < -0.3 is 10.6 Å². The lowest BCUT2D eigenvalue weighted by molar-refractivity contribution is -0.114. The number of benzene rings is 1. The number of pyridine rings is 1. The van der Waals surface area contributed by atoms with Crippen LogP contribution in [0.4, 0.5) is 11.5 Å². The van der Waals surface area contributed by atoms with Gasteiger partial charge in [-0.1, -0.05) is 0 Å². The number of nitrogens with one attached hydrogen (secondary N) is 2. The minimum atomic E-state index is -3.57. The van der Waals surface area contributed by atoms with E-state index >= 15 is 0 Å². The van der Waals surface area contributed by atoms with Crippen molar-refractivity contribution in [2.45, 2.75) is 30.7 Å². The molecule has 1 aliphatic heterocycles. The van der Waals surface area contributed by atoms with Crippen LogP contribution in [0.25, 0.3) is 0 Å². The zero-order valence-corrected chi connectivity index (χ0v) is 16.2. The van der Waals surface area contributed by atoms with Crippen molar-refractivity contribution < 1.29 is 13.2 Å². The Balaban J connectivity index is 1.60. The summed E-state index contributed by atoms with van der Waals surface area (Å²) in [5.74, 6) is 0.468. The number of nitrogens with zero attached hydrogens (tertiary/aromatic N) is 3. The van der Waals surface area contributed by atoms with E-state index in [0.29, 0.717) is 43.0 Å². The molecule has 0 unspecified atom stereocenters. The Hall–Kier alpha value is -2.96. The molecule has 1 saturated heterocycles. The first kappa shape index (κ1) is 19.8. The van der Waals surface area contributed by atoms with Crippen molar-refractivity contribution in [3.05, 3.63) is 48.2 Å². The summed E-state index contributed by atoms with van der Waals surface area (Å²) in [4.78, 5) is 15.5. The number of amides is 1. The normalized spacial score (nSPS) is 15.6. The Morgan fingerprint density at radius 2 is 1.86 bits per heavy atom. The maximum atomic E-state index is 12.8. The maximum Gasteiger partial charge on any atom is 0.243 e. The van der Waals surface area contributed by atoms with Crippen LogP contribution in [-0.4, -0.2) is 42.7 Å². The number of sulfonamides is 1. The van der Waals surface area contributed by atoms with E-state index in [1.165, 1.54) is 29.6 Å². The molecule has 0 spiro atoms. The fourth-order valence-corrected chi connectivity index (χ4v) is 4.53. The van der Waals surface area contributed by atoms with Gasteiger partial charge in [-0.05, 0) is 49.2 Å². The third-order valence-corrected chi connectivity index (χ3v) is 6.42. The topological polar surface area (TPSA) is 115 Å². The zero-order valence-electron chi connectivity index (χ0n) is 15.4. The first-order valence-electron chi connectivity index (χ1n) is 8.89. The molecule has 146 valence electrons. The van der Waals surface area contributed by atoms with Crippen LogP contribution in [0.3, 0.4) is 0 Å². The van der Waals surface area contributed by atoms with E-state index in [1.54, 1.807) is 24.3 Å². The van der Waals surface area contributed by atoms with Crippen LogP contribution in [0.2, 0.25) is 0 Å². The molecule has 2 aromatic rings. The Morgan fingerprint density at radius 1 is 1.18 bits per heavy atom. The number of aromatic nitrogens is 1. The smallest absolute Gasteiger partial charge is 0.243 e. The molecule has 1 aromatic carbocycles. The molecule has 9 heteroatoms. The number of hydrogen-bond acceptors (Lipinski definition) is 6. The van der Waals surface area contributed by atoms with Gasteiger partial charge in [0.25, 0.3) is 0 Å². The SMILES string of the molecule is CC(=O)Nc1ccc(S(=O)(=O)N2CCC(Nc3ccc(C#N)cn3)CC2)cc1. The molecule has 1 aliphatic rings.